The summed E-state index contributed by atoms with van der Waals surface area (Å²) in [5.41, 5.74) is 0.367. The molecule has 0 bridgehead atoms. The van der Waals surface area contributed by atoms with Crippen LogP contribution < -0.4 is 4.74 Å². The van der Waals surface area contributed by atoms with E-state index in [2.05, 4.69) is 9.97 Å². The number of Topliss-reactive ketones (excluding diaryl/α,β-unsaturated/α-hetero) is 1. The molecule has 80 valence electrons. The van der Waals surface area contributed by atoms with E-state index in [-0.39, 0.29) is 5.78 Å². The molecule has 4 nitrogen and oxygen atoms in total. The van der Waals surface area contributed by atoms with Gasteiger partial charge in [0.15, 0.2) is 11.5 Å². The maximum Gasteiger partial charge on any atom is 0.243 e. The fourth-order valence-corrected chi connectivity index (χ4v) is 1.72. The minimum atomic E-state index is 0.0460. The SMILES string of the molecule is COc1nccnc1C(=O)CC1CCC1. The molecule has 1 heterocycles. The molecule has 1 aliphatic rings. The van der Waals surface area contributed by atoms with Crippen molar-refractivity contribution in [2.75, 3.05) is 7.11 Å². The summed E-state index contributed by atoms with van der Waals surface area (Å²) in [6.45, 7) is 0. The minimum Gasteiger partial charge on any atom is -0.479 e. The van der Waals surface area contributed by atoms with E-state index in [0.717, 1.165) is 12.8 Å². The van der Waals surface area contributed by atoms with E-state index in [4.69, 9.17) is 4.74 Å². The van der Waals surface area contributed by atoms with Gasteiger partial charge in [-0.1, -0.05) is 19.3 Å². The number of ether oxygens (including phenoxy) is 1. The predicted molar refractivity (Wildman–Crippen MR) is 54.9 cm³/mol. The van der Waals surface area contributed by atoms with E-state index in [0.29, 0.717) is 23.9 Å². The van der Waals surface area contributed by atoms with E-state index in [1.807, 2.05) is 0 Å². The Morgan fingerprint density at radius 2 is 2.20 bits per heavy atom. The molecule has 4 heteroatoms. The zero-order valence-electron chi connectivity index (χ0n) is 8.77. The Hall–Kier alpha value is -1.45. The van der Waals surface area contributed by atoms with Crippen molar-refractivity contribution in [1.29, 1.82) is 0 Å². The first-order valence-electron chi connectivity index (χ1n) is 5.19. The van der Waals surface area contributed by atoms with E-state index >= 15 is 0 Å². The van der Waals surface area contributed by atoms with Gasteiger partial charge in [-0.15, -0.1) is 0 Å². The van der Waals surface area contributed by atoms with Crippen LogP contribution in [0, 0.1) is 5.92 Å². The molecule has 0 atom stereocenters. The van der Waals surface area contributed by atoms with Crippen molar-refractivity contribution in [2.24, 2.45) is 5.92 Å². The first-order chi connectivity index (χ1) is 7.31. The van der Waals surface area contributed by atoms with Gasteiger partial charge in [-0.05, 0) is 5.92 Å². The molecule has 0 aliphatic heterocycles. The van der Waals surface area contributed by atoms with Crippen LogP contribution in [0.2, 0.25) is 0 Å². The van der Waals surface area contributed by atoms with Gasteiger partial charge in [0, 0.05) is 18.8 Å². The summed E-state index contributed by atoms with van der Waals surface area (Å²) in [5.74, 6) is 0.927. The molecule has 0 amide bonds. The second kappa shape index (κ2) is 4.38. The minimum absolute atomic E-state index is 0.0460. The topological polar surface area (TPSA) is 52.1 Å². The van der Waals surface area contributed by atoms with Crippen LogP contribution in [0.4, 0.5) is 0 Å². The normalized spacial score (nSPS) is 15.8. The number of methoxy groups -OCH3 is 1. The number of carbonyl (C=O) groups is 1. The Labute approximate surface area is 88.7 Å². The van der Waals surface area contributed by atoms with Gasteiger partial charge in [0.25, 0.3) is 0 Å². The van der Waals surface area contributed by atoms with Gasteiger partial charge >= 0.3 is 0 Å². The van der Waals surface area contributed by atoms with Crippen molar-refractivity contribution >= 4 is 5.78 Å². The maximum absolute atomic E-state index is 11.8. The van der Waals surface area contributed by atoms with Gasteiger partial charge in [-0.3, -0.25) is 4.79 Å². The fourth-order valence-electron chi connectivity index (χ4n) is 1.72. The lowest BCUT2D eigenvalue weighted by Gasteiger charge is -2.24. The highest BCUT2D eigenvalue weighted by atomic mass is 16.5. The Morgan fingerprint density at radius 1 is 1.47 bits per heavy atom. The second-order valence-corrected chi connectivity index (χ2v) is 3.84. The van der Waals surface area contributed by atoms with Crippen LogP contribution in [-0.2, 0) is 0 Å². The molecule has 15 heavy (non-hydrogen) atoms. The summed E-state index contributed by atoms with van der Waals surface area (Å²) >= 11 is 0. The van der Waals surface area contributed by atoms with Crippen molar-refractivity contribution in [2.45, 2.75) is 25.7 Å². The first kappa shape index (κ1) is 10.1. The summed E-state index contributed by atoms with van der Waals surface area (Å²) in [6, 6.07) is 0. The van der Waals surface area contributed by atoms with Crippen molar-refractivity contribution in [3.63, 3.8) is 0 Å². The molecule has 0 unspecified atom stereocenters. The third-order valence-electron chi connectivity index (χ3n) is 2.82. The number of rotatable bonds is 4. The third-order valence-corrected chi connectivity index (χ3v) is 2.82. The summed E-state index contributed by atoms with van der Waals surface area (Å²) in [6.07, 6.45) is 7.20. The number of carbonyl (C=O) groups excluding carboxylic acids is 1. The monoisotopic (exact) mass is 206 g/mol. The Morgan fingerprint density at radius 3 is 2.80 bits per heavy atom. The van der Waals surface area contributed by atoms with Gasteiger partial charge in [0.05, 0.1) is 7.11 Å². The molecular formula is C11H14N2O2. The highest BCUT2D eigenvalue weighted by Gasteiger charge is 2.24. The number of nitrogens with zero attached hydrogens (tertiary/aromatic N) is 2. The maximum atomic E-state index is 11.8. The Balaban J connectivity index is 2.09. The van der Waals surface area contributed by atoms with Crippen molar-refractivity contribution < 1.29 is 9.53 Å². The van der Waals surface area contributed by atoms with Crippen LogP contribution in [-0.4, -0.2) is 22.9 Å². The molecule has 0 N–H and O–H groups in total. The second-order valence-electron chi connectivity index (χ2n) is 3.84. The zero-order chi connectivity index (χ0) is 10.7. The van der Waals surface area contributed by atoms with Crippen molar-refractivity contribution in [1.82, 2.24) is 9.97 Å². The largest absolute Gasteiger partial charge is 0.479 e. The van der Waals surface area contributed by atoms with Crippen LogP contribution in [0.5, 0.6) is 5.88 Å². The van der Waals surface area contributed by atoms with E-state index < -0.39 is 0 Å². The molecule has 0 saturated heterocycles. The van der Waals surface area contributed by atoms with Gasteiger partial charge in [-0.2, -0.15) is 0 Å². The molecule has 1 aromatic heterocycles. The molecule has 1 aromatic rings. The van der Waals surface area contributed by atoms with E-state index in [1.54, 1.807) is 0 Å². The smallest absolute Gasteiger partial charge is 0.243 e. The summed E-state index contributed by atoms with van der Waals surface area (Å²) in [4.78, 5) is 19.8. The molecule has 2 rings (SSSR count). The lowest BCUT2D eigenvalue weighted by molar-refractivity contribution is 0.0927. The average Bonchev–Trinajstić information content (AvgIpc) is 2.23. The molecule has 0 aromatic carbocycles. The molecule has 1 saturated carbocycles. The standard InChI is InChI=1S/C11H14N2O2/c1-15-11-10(12-5-6-13-11)9(14)7-8-3-2-4-8/h5-6,8H,2-4,7H2,1H3. The van der Waals surface area contributed by atoms with Crippen LogP contribution in [0.1, 0.15) is 36.2 Å². The lowest BCUT2D eigenvalue weighted by Crippen LogP contribution is -2.17. The number of ketones is 1. The summed E-state index contributed by atoms with van der Waals surface area (Å²) in [7, 11) is 1.50. The summed E-state index contributed by atoms with van der Waals surface area (Å²) < 4.78 is 5.01. The molecule has 0 radical (unpaired) electrons. The lowest BCUT2D eigenvalue weighted by atomic mass is 9.81. The van der Waals surface area contributed by atoms with E-state index in [9.17, 15) is 4.79 Å². The van der Waals surface area contributed by atoms with Crippen LogP contribution >= 0.6 is 0 Å². The highest BCUT2D eigenvalue weighted by molar-refractivity contribution is 5.96. The van der Waals surface area contributed by atoms with Gasteiger partial charge < -0.3 is 4.74 Å². The number of hydrogen-bond acceptors (Lipinski definition) is 4. The molecule has 0 spiro atoms. The van der Waals surface area contributed by atoms with Gasteiger partial charge in [0.1, 0.15) is 0 Å². The summed E-state index contributed by atoms with van der Waals surface area (Å²) in [5, 5.41) is 0. The Bertz CT molecular complexity index is 361. The first-order valence-corrected chi connectivity index (χ1v) is 5.19. The van der Waals surface area contributed by atoms with Crippen LogP contribution in [0.25, 0.3) is 0 Å². The van der Waals surface area contributed by atoms with Gasteiger partial charge in [0.2, 0.25) is 5.88 Å². The fraction of sp³-hybridized carbons (Fsp3) is 0.545. The van der Waals surface area contributed by atoms with Crippen LogP contribution in [0.15, 0.2) is 12.4 Å². The number of aromatic nitrogens is 2. The van der Waals surface area contributed by atoms with Crippen molar-refractivity contribution in [3.8, 4) is 5.88 Å². The molecule has 1 fully saturated rings. The van der Waals surface area contributed by atoms with Crippen molar-refractivity contribution in [3.05, 3.63) is 18.1 Å². The quantitative estimate of drug-likeness (QED) is 0.705. The third kappa shape index (κ3) is 2.14. The predicted octanol–water partition coefficient (Wildman–Crippen LogP) is 1.86. The number of hydrogen-bond donors (Lipinski definition) is 0. The Kier molecular flexibility index (Phi) is 2.94. The molecule has 1 aliphatic carbocycles. The average molecular weight is 206 g/mol. The van der Waals surface area contributed by atoms with E-state index in [1.165, 1.54) is 25.9 Å². The zero-order valence-corrected chi connectivity index (χ0v) is 8.77. The van der Waals surface area contributed by atoms with Crippen LogP contribution in [0.3, 0.4) is 0 Å². The van der Waals surface area contributed by atoms with Gasteiger partial charge in [-0.25, -0.2) is 9.97 Å². The highest BCUT2D eigenvalue weighted by Crippen LogP contribution is 2.31. The molecular weight excluding hydrogens is 192 g/mol.